The normalized spacial score (nSPS) is 18.6. The zero-order valence-electron chi connectivity index (χ0n) is 19.1. The lowest BCUT2D eigenvalue weighted by Gasteiger charge is -2.39. The van der Waals surface area contributed by atoms with Crippen LogP contribution in [0.3, 0.4) is 0 Å². The summed E-state index contributed by atoms with van der Waals surface area (Å²) in [5, 5.41) is 3.01. The van der Waals surface area contributed by atoms with Crippen LogP contribution < -0.4 is 15.0 Å². The third kappa shape index (κ3) is 4.82. The van der Waals surface area contributed by atoms with Crippen LogP contribution in [0.5, 0.6) is 5.75 Å². The van der Waals surface area contributed by atoms with Gasteiger partial charge >= 0.3 is 0 Å². The molecule has 1 unspecified atom stereocenters. The molecule has 0 saturated carbocycles. The molecule has 2 aliphatic heterocycles. The van der Waals surface area contributed by atoms with Crippen molar-refractivity contribution in [3.05, 3.63) is 90.5 Å². The molecule has 0 radical (unpaired) electrons. The van der Waals surface area contributed by atoms with Gasteiger partial charge in [-0.15, -0.1) is 0 Å². The number of hydrogen-bond acceptors (Lipinski definition) is 4. The number of benzene rings is 3. The van der Waals surface area contributed by atoms with Crippen LogP contribution in [0, 0.1) is 5.92 Å². The maximum Gasteiger partial charge on any atom is 0.241 e. The Morgan fingerprint density at radius 2 is 1.50 bits per heavy atom. The highest BCUT2D eigenvalue weighted by Gasteiger charge is 2.35. The number of piperidine rings is 1. The summed E-state index contributed by atoms with van der Waals surface area (Å²) >= 11 is 0. The Kier molecular flexibility index (Phi) is 6.58. The van der Waals surface area contributed by atoms with Gasteiger partial charge in [0, 0.05) is 11.6 Å². The van der Waals surface area contributed by atoms with Crippen molar-refractivity contribution in [3.8, 4) is 5.75 Å². The molecule has 1 N–H and O–H groups in total. The molecule has 0 aromatic heterocycles. The lowest BCUT2D eigenvalue weighted by molar-refractivity contribution is -0.122. The van der Waals surface area contributed by atoms with Crippen molar-refractivity contribution in [2.75, 3.05) is 36.5 Å². The molecule has 6 heteroatoms. The third-order valence-corrected chi connectivity index (χ3v) is 6.64. The van der Waals surface area contributed by atoms with E-state index >= 15 is 0 Å². The van der Waals surface area contributed by atoms with Gasteiger partial charge < -0.3 is 10.1 Å². The van der Waals surface area contributed by atoms with E-state index in [2.05, 4.69) is 10.2 Å². The van der Waals surface area contributed by atoms with Gasteiger partial charge in [-0.1, -0.05) is 60.7 Å². The highest BCUT2D eigenvalue weighted by molar-refractivity contribution is 5.97. The number of carbonyl (C=O) groups excluding carboxylic acids is 2. The summed E-state index contributed by atoms with van der Waals surface area (Å²) in [5.74, 6) is 0.812. The molecule has 2 aliphatic rings. The van der Waals surface area contributed by atoms with Gasteiger partial charge in [0.25, 0.3) is 0 Å². The van der Waals surface area contributed by atoms with Crippen LogP contribution in [0.15, 0.2) is 84.9 Å². The maximum absolute atomic E-state index is 13.6. The Labute approximate surface area is 200 Å². The second kappa shape index (κ2) is 10.1. The third-order valence-electron chi connectivity index (χ3n) is 6.64. The minimum atomic E-state index is -0.169. The average Bonchev–Trinajstić information content (AvgIpc) is 2.89. The smallest absolute Gasteiger partial charge is 0.241 e. The molecule has 0 spiro atoms. The zero-order valence-corrected chi connectivity index (χ0v) is 19.1. The summed E-state index contributed by atoms with van der Waals surface area (Å²) < 4.78 is 6.00. The van der Waals surface area contributed by atoms with Crippen LogP contribution in [-0.2, 0) is 9.59 Å². The van der Waals surface area contributed by atoms with Crippen LogP contribution >= 0.6 is 0 Å². The first-order valence-corrected chi connectivity index (χ1v) is 11.9. The number of nitrogens with zero attached hydrogens (tertiary/aromatic N) is 2. The molecule has 1 saturated heterocycles. The Hall–Kier alpha value is -3.64. The largest absolute Gasteiger partial charge is 0.489 e. The van der Waals surface area contributed by atoms with Gasteiger partial charge in [0.15, 0.2) is 0 Å². The molecule has 3 aromatic carbocycles. The Morgan fingerprint density at radius 1 is 0.853 bits per heavy atom. The van der Waals surface area contributed by atoms with Crippen molar-refractivity contribution in [1.82, 2.24) is 4.90 Å². The van der Waals surface area contributed by atoms with Gasteiger partial charge in [-0.05, 0) is 55.8 Å². The van der Waals surface area contributed by atoms with Crippen molar-refractivity contribution in [2.45, 2.75) is 18.9 Å². The summed E-state index contributed by atoms with van der Waals surface area (Å²) in [6, 6.07) is 27.1. The average molecular weight is 456 g/mol. The van der Waals surface area contributed by atoms with Gasteiger partial charge in [-0.3, -0.25) is 19.4 Å². The number of para-hydroxylation sites is 3. The topological polar surface area (TPSA) is 61.9 Å². The van der Waals surface area contributed by atoms with E-state index in [-0.39, 0.29) is 23.8 Å². The van der Waals surface area contributed by atoms with Gasteiger partial charge in [-0.2, -0.15) is 0 Å². The van der Waals surface area contributed by atoms with Crippen molar-refractivity contribution in [3.63, 3.8) is 0 Å². The molecule has 5 rings (SSSR count). The number of ether oxygens (including phenoxy) is 1. The van der Waals surface area contributed by atoms with E-state index in [0.29, 0.717) is 13.2 Å². The Balaban J connectivity index is 1.24. The number of anilines is 2. The number of likely N-dealkylation sites (tertiary alicyclic amines) is 1. The number of hydrogen-bond donors (Lipinski definition) is 1. The number of carbonyl (C=O) groups is 2. The quantitative estimate of drug-likeness (QED) is 0.615. The molecule has 2 amide bonds. The van der Waals surface area contributed by atoms with Crippen molar-refractivity contribution >= 4 is 23.2 Å². The lowest BCUT2D eigenvalue weighted by atomic mass is 9.95. The summed E-state index contributed by atoms with van der Waals surface area (Å²) in [7, 11) is 0. The Morgan fingerprint density at radius 3 is 2.24 bits per heavy atom. The predicted octanol–water partition coefficient (Wildman–Crippen LogP) is 4.50. The number of nitrogens with one attached hydrogen (secondary N) is 1. The number of fused-ring (bicyclic) bond motifs is 1. The highest BCUT2D eigenvalue weighted by atomic mass is 16.5. The molecule has 34 heavy (non-hydrogen) atoms. The van der Waals surface area contributed by atoms with Crippen LogP contribution in [0.4, 0.5) is 11.4 Å². The fraction of sp³-hybridized carbons (Fsp3) is 0.286. The first-order valence-electron chi connectivity index (χ1n) is 11.9. The van der Waals surface area contributed by atoms with E-state index in [0.717, 1.165) is 48.6 Å². The first kappa shape index (κ1) is 22.2. The van der Waals surface area contributed by atoms with Crippen molar-refractivity contribution < 1.29 is 14.3 Å². The second-order valence-electron chi connectivity index (χ2n) is 8.87. The number of rotatable bonds is 5. The van der Waals surface area contributed by atoms with E-state index in [1.165, 1.54) is 0 Å². The van der Waals surface area contributed by atoms with Gasteiger partial charge in [0.1, 0.15) is 12.4 Å². The van der Waals surface area contributed by atoms with Crippen LogP contribution in [-0.4, -0.2) is 43.0 Å². The molecule has 1 atom stereocenters. The lowest BCUT2D eigenvalue weighted by Crippen LogP contribution is -2.48. The van der Waals surface area contributed by atoms with Crippen LogP contribution in [0.25, 0.3) is 0 Å². The van der Waals surface area contributed by atoms with Crippen LogP contribution in [0.2, 0.25) is 0 Å². The Bertz CT molecular complexity index is 1130. The molecule has 0 bridgehead atoms. The van der Waals surface area contributed by atoms with E-state index in [4.69, 9.17) is 4.74 Å². The molecular formula is C28H29N3O3. The molecular weight excluding hydrogens is 426 g/mol. The van der Waals surface area contributed by atoms with Gasteiger partial charge in [0.05, 0.1) is 18.3 Å². The first-order chi connectivity index (χ1) is 16.7. The monoisotopic (exact) mass is 455 g/mol. The minimum Gasteiger partial charge on any atom is -0.489 e. The zero-order chi connectivity index (χ0) is 23.3. The fourth-order valence-corrected chi connectivity index (χ4v) is 4.80. The van der Waals surface area contributed by atoms with E-state index in [1.807, 2.05) is 89.8 Å². The number of amides is 2. The molecule has 2 heterocycles. The van der Waals surface area contributed by atoms with E-state index < -0.39 is 0 Å². The fourth-order valence-electron chi connectivity index (χ4n) is 4.80. The van der Waals surface area contributed by atoms with Crippen molar-refractivity contribution in [1.29, 1.82) is 0 Å². The van der Waals surface area contributed by atoms with E-state index in [1.54, 1.807) is 0 Å². The summed E-state index contributed by atoms with van der Waals surface area (Å²) in [6.07, 6.45) is 1.49. The summed E-state index contributed by atoms with van der Waals surface area (Å²) in [4.78, 5) is 30.3. The summed E-state index contributed by atoms with van der Waals surface area (Å²) in [5.41, 5.74) is 2.69. The second-order valence-corrected chi connectivity index (χ2v) is 8.87. The standard InChI is InChI=1S/C28H29N3O3/c32-27(19-30-17-15-22(16-18-30)28(33)29-23-11-5-2-6-12-23)31-24-13-7-8-14-26(24)34-20-25(31)21-9-3-1-4-10-21/h1-14,22,25H,15-20H2,(H,29,33). The predicted molar refractivity (Wildman–Crippen MR) is 133 cm³/mol. The van der Waals surface area contributed by atoms with E-state index in [9.17, 15) is 9.59 Å². The van der Waals surface area contributed by atoms with Gasteiger partial charge in [-0.25, -0.2) is 0 Å². The van der Waals surface area contributed by atoms with Crippen molar-refractivity contribution in [2.24, 2.45) is 5.92 Å². The summed E-state index contributed by atoms with van der Waals surface area (Å²) in [6.45, 7) is 2.19. The van der Waals surface area contributed by atoms with Crippen LogP contribution in [0.1, 0.15) is 24.4 Å². The molecule has 3 aromatic rings. The highest BCUT2D eigenvalue weighted by Crippen LogP contribution is 2.39. The molecule has 6 nitrogen and oxygen atoms in total. The molecule has 174 valence electrons. The molecule has 1 fully saturated rings. The SMILES string of the molecule is O=C(Nc1ccccc1)C1CCN(CC(=O)N2c3ccccc3OCC2c2ccccc2)CC1. The molecule has 0 aliphatic carbocycles. The minimum absolute atomic E-state index is 0.0345. The van der Waals surface area contributed by atoms with Gasteiger partial charge in [0.2, 0.25) is 11.8 Å². The maximum atomic E-state index is 13.6.